The van der Waals surface area contributed by atoms with Gasteiger partial charge in [0, 0.05) is 12.2 Å². The van der Waals surface area contributed by atoms with E-state index in [2.05, 4.69) is 5.32 Å². The number of phenols is 1. The van der Waals surface area contributed by atoms with Crippen LogP contribution in [0.3, 0.4) is 0 Å². The largest absolute Gasteiger partial charge is 0.508 e. The van der Waals surface area contributed by atoms with Gasteiger partial charge in [0.15, 0.2) is 0 Å². The Morgan fingerprint density at radius 1 is 1.25 bits per heavy atom. The molecule has 1 atom stereocenters. The van der Waals surface area contributed by atoms with Gasteiger partial charge in [0.05, 0.1) is 0 Å². The van der Waals surface area contributed by atoms with E-state index >= 15 is 0 Å². The first-order valence-corrected chi connectivity index (χ1v) is 6.19. The first-order valence-electron chi connectivity index (χ1n) is 6.19. The molecule has 0 aromatic heterocycles. The number of primary amides is 1. The summed E-state index contributed by atoms with van der Waals surface area (Å²) >= 11 is 0. The number of benzene rings is 1. The Balaban J connectivity index is 2.03. The molecule has 7 heteroatoms. The van der Waals surface area contributed by atoms with E-state index in [-0.39, 0.29) is 5.75 Å². The van der Waals surface area contributed by atoms with Crippen LogP contribution in [-0.4, -0.2) is 40.3 Å². The lowest BCUT2D eigenvalue weighted by atomic mass is 10.2. The number of aromatic hydroxyl groups is 1. The average Bonchev–Trinajstić information content (AvgIpc) is 2.90. The highest BCUT2D eigenvalue weighted by molar-refractivity contribution is 6.40. The summed E-state index contributed by atoms with van der Waals surface area (Å²) in [6.07, 6.45) is 1.12. The SMILES string of the molecule is NC(=O)[C@@H]1CCCN1C(=O)C(=O)Nc1ccc(O)cc1. The van der Waals surface area contributed by atoms with Crippen LogP contribution in [0, 0.1) is 0 Å². The molecule has 20 heavy (non-hydrogen) atoms. The van der Waals surface area contributed by atoms with Crippen molar-refractivity contribution in [3.63, 3.8) is 0 Å². The van der Waals surface area contributed by atoms with Crippen LogP contribution in [0.4, 0.5) is 5.69 Å². The van der Waals surface area contributed by atoms with Gasteiger partial charge >= 0.3 is 11.8 Å². The first kappa shape index (κ1) is 13.9. The fraction of sp³-hybridized carbons (Fsp3) is 0.308. The van der Waals surface area contributed by atoms with Crippen molar-refractivity contribution in [3.05, 3.63) is 24.3 Å². The number of phenolic OH excluding ortho intramolecular Hbond substituents is 1. The highest BCUT2D eigenvalue weighted by atomic mass is 16.3. The molecule has 1 aromatic carbocycles. The van der Waals surface area contributed by atoms with Gasteiger partial charge in [-0.25, -0.2) is 0 Å². The number of hydrogen-bond donors (Lipinski definition) is 3. The molecule has 0 saturated carbocycles. The van der Waals surface area contributed by atoms with Crippen LogP contribution in [-0.2, 0) is 14.4 Å². The van der Waals surface area contributed by atoms with Crippen LogP contribution in [0.2, 0.25) is 0 Å². The van der Waals surface area contributed by atoms with Crippen LogP contribution in [0.25, 0.3) is 0 Å². The molecule has 1 aliphatic heterocycles. The molecule has 0 aliphatic carbocycles. The maximum atomic E-state index is 12.0. The standard InChI is InChI=1S/C13H15N3O4/c14-11(18)10-2-1-7-16(10)13(20)12(19)15-8-3-5-9(17)6-4-8/h3-6,10,17H,1-2,7H2,(H2,14,18)(H,15,19)/t10-/m0/s1. The number of rotatable bonds is 2. The van der Waals surface area contributed by atoms with Crippen molar-refractivity contribution >= 4 is 23.4 Å². The van der Waals surface area contributed by atoms with Crippen molar-refractivity contribution in [2.45, 2.75) is 18.9 Å². The minimum atomic E-state index is -0.830. The van der Waals surface area contributed by atoms with E-state index in [0.29, 0.717) is 25.1 Å². The number of nitrogens with two attached hydrogens (primary N) is 1. The molecule has 1 saturated heterocycles. The smallest absolute Gasteiger partial charge is 0.313 e. The van der Waals surface area contributed by atoms with Crippen molar-refractivity contribution in [3.8, 4) is 5.75 Å². The number of likely N-dealkylation sites (tertiary alicyclic amines) is 1. The van der Waals surface area contributed by atoms with Gasteiger partial charge in [-0.05, 0) is 37.1 Å². The summed E-state index contributed by atoms with van der Waals surface area (Å²) in [4.78, 5) is 36.2. The molecule has 4 N–H and O–H groups in total. The second-order valence-corrected chi connectivity index (χ2v) is 4.56. The first-order chi connectivity index (χ1) is 9.49. The Labute approximate surface area is 115 Å². The minimum Gasteiger partial charge on any atom is -0.508 e. The number of anilines is 1. The van der Waals surface area contributed by atoms with Crippen LogP contribution in [0.1, 0.15) is 12.8 Å². The normalized spacial score (nSPS) is 17.8. The van der Waals surface area contributed by atoms with Crippen molar-refractivity contribution in [2.24, 2.45) is 5.73 Å². The van der Waals surface area contributed by atoms with Gasteiger partial charge in [-0.15, -0.1) is 0 Å². The van der Waals surface area contributed by atoms with Crippen LogP contribution in [0.15, 0.2) is 24.3 Å². The molecule has 1 aliphatic rings. The Morgan fingerprint density at radius 3 is 2.50 bits per heavy atom. The third-order valence-corrected chi connectivity index (χ3v) is 3.16. The van der Waals surface area contributed by atoms with E-state index < -0.39 is 23.8 Å². The summed E-state index contributed by atoms with van der Waals surface area (Å²) in [6, 6.07) is 5.00. The molecule has 2 rings (SSSR count). The van der Waals surface area contributed by atoms with Gasteiger partial charge in [-0.1, -0.05) is 0 Å². The number of amides is 3. The van der Waals surface area contributed by atoms with Crippen molar-refractivity contribution in [1.29, 1.82) is 0 Å². The van der Waals surface area contributed by atoms with Crippen molar-refractivity contribution < 1.29 is 19.5 Å². The highest BCUT2D eigenvalue weighted by Gasteiger charge is 2.35. The number of nitrogens with zero attached hydrogens (tertiary/aromatic N) is 1. The highest BCUT2D eigenvalue weighted by Crippen LogP contribution is 2.18. The number of nitrogens with one attached hydrogen (secondary N) is 1. The van der Waals surface area contributed by atoms with Gasteiger partial charge < -0.3 is 21.1 Å². The Bertz CT molecular complexity index is 541. The lowest BCUT2D eigenvalue weighted by molar-refractivity contribution is -0.145. The average molecular weight is 277 g/mol. The summed E-state index contributed by atoms with van der Waals surface area (Å²) < 4.78 is 0. The summed E-state index contributed by atoms with van der Waals surface area (Å²) in [6.45, 7) is 0.343. The zero-order valence-corrected chi connectivity index (χ0v) is 10.7. The maximum Gasteiger partial charge on any atom is 0.313 e. The summed E-state index contributed by atoms with van der Waals surface area (Å²) in [5.74, 6) is -2.15. The predicted molar refractivity (Wildman–Crippen MR) is 70.7 cm³/mol. The van der Waals surface area contributed by atoms with E-state index in [0.717, 1.165) is 0 Å². The molecule has 1 fully saturated rings. The minimum absolute atomic E-state index is 0.0580. The fourth-order valence-electron chi connectivity index (χ4n) is 2.17. The molecular formula is C13H15N3O4. The van der Waals surface area contributed by atoms with Crippen molar-refractivity contribution in [2.75, 3.05) is 11.9 Å². The van der Waals surface area contributed by atoms with Gasteiger partial charge in [0.1, 0.15) is 11.8 Å². The molecule has 1 aromatic rings. The number of carbonyl (C=O) groups is 3. The molecule has 1 heterocycles. The molecule has 3 amide bonds. The second-order valence-electron chi connectivity index (χ2n) is 4.56. The molecule has 0 radical (unpaired) electrons. The third kappa shape index (κ3) is 2.87. The zero-order valence-electron chi connectivity index (χ0n) is 10.7. The van der Waals surface area contributed by atoms with E-state index in [1.807, 2.05) is 0 Å². The molecule has 0 bridgehead atoms. The summed E-state index contributed by atoms with van der Waals surface area (Å²) in [7, 11) is 0. The quantitative estimate of drug-likeness (QED) is 0.513. The van der Waals surface area contributed by atoms with Crippen LogP contribution in [0.5, 0.6) is 5.75 Å². The lowest BCUT2D eigenvalue weighted by Gasteiger charge is -2.21. The molecule has 106 valence electrons. The van der Waals surface area contributed by atoms with Gasteiger partial charge in [0.25, 0.3) is 0 Å². The molecule has 0 unspecified atom stereocenters. The number of carbonyl (C=O) groups excluding carboxylic acids is 3. The Kier molecular flexibility index (Phi) is 3.88. The monoisotopic (exact) mass is 277 g/mol. The summed E-state index contributed by atoms with van der Waals surface area (Å²) in [5.41, 5.74) is 5.59. The van der Waals surface area contributed by atoms with Crippen LogP contribution < -0.4 is 11.1 Å². The van der Waals surface area contributed by atoms with Gasteiger partial charge in [0.2, 0.25) is 5.91 Å². The predicted octanol–water partition coefficient (Wildman–Crippen LogP) is -0.193. The van der Waals surface area contributed by atoms with E-state index in [9.17, 15) is 14.4 Å². The third-order valence-electron chi connectivity index (χ3n) is 3.16. The Hall–Kier alpha value is -2.57. The summed E-state index contributed by atoms with van der Waals surface area (Å²) in [5, 5.41) is 11.5. The van der Waals surface area contributed by atoms with Crippen LogP contribution >= 0.6 is 0 Å². The second kappa shape index (κ2) is 5.60. The Morgan fingerprint density at radius 2 is 1.90 bits per heavy atom. The molecular weight excluding hydrogens is 262 g/mol. The lowest BCUT2D eigenvalue weighted by Crippen LogP contribution is -2.47. The van der Waals surface area contributed by atoms with Gasteiger partial charge in [-0.2, -0.15) is 0 Å². The van der Waals surface area contributed by atoms with E-state index in [1.54, 1.807) is 0 Å². The zero-order chi connectivity index (χ0) is 14.7. The topological polar surface area (TPSA) is 113 Å². The van der Waals surface area contributed by atoms with E-state index in [4.69, 9.17) is 10.8 Å². The maximum absolute atomic E-state index is 12.0. The van der Waals surface area contributed by atoms with Crippen molar-refractivity contribution in [1.82, 2.24) is 4.90 Å². The van der Waals surface area contributed by atoms with E-state index in [1.165, 1.54) is 29.2 Å². The van der Waals surface area contributed by atoms with Gasteiger partial charge in [-0.3, -0.25) is 14.4 Å². The fourth-order valence-corrected chi connectivity index (χ4v) is 2.17. The molecule has 7 nitrogen and oxygen atoms in total. The number of hydrogen-bond acceptors (Lipinski definition) is 4. The molecule has 0 spiro atoms.